The van der Waals surface area contributed by atoms with Gasteiger partial charge in [0, 0.05) is 33.7 Å². The molecule has 0 bridgehead atoms. The summed E-state index contributed by atoms with van der Waals surface area (Å²) in [6, 6.07) is 10.2. The molecule has 0 saturated carbocycles. The van der Waals surface area contributed by atoms with E-state index in [9.17, 15) is 0 Å². The molecule has 19 heavy (non-hydrogen) atoms. The molecular formula is C15H14BrN3. The molecule has 0 unspecified atom stereocenters. The van der Waals surface area contributed by atoms with Crippen molar-refractivity contribution in [1.82, 2.24) is 9.55 Å². The number of hydrogen-bond acceptors (Lipinski definition) is 2. The normalized spacial score (nSPS) is 11.1. The van der Waals surface area contributed by atoms with E-state index in [0.717, 1.165) is 10.2 Å². The molecule has 0 aliphatic rings. The number of rotatable bonds is 1. The van der Waals surface area contributed by atoms with Gasteiger partial charge in [0.25, 0.3) is 0 Å². The predicted octanol–water partition coefficient (Wildman–Crippen LogP) is 3.89. The summed E-state index contributed by atoms with van der Waals surface area (Å²) in [6.07, 6.45) is 1.70. The van der Waals surface area contributed by atoms with Gasteiger partial charge in [-0.3, -0.25) is 4.98 Å². The van der Waals surface area contributed by atoms with Crippen molar-refractivity contribution in [1.29, 1.82) is 0 Å². The highest BCUT2D eigenvalue weighted by Crippen LogP contribution is 2.34. The van der Waals surface area contributed by atoms with Crippen molar-refractivity contribution < 1.29 is 0 Å². The van der Waals surface area contributed by atoms with E-state index in [1.54, 1.807) is 6.20 Å². The van der Waals surface area contributed by atoms with Gasteiger partial charge in [-0.25, -0.2) is 0 Å². The van der Waals surface area contributed by atoms with Crippen LogP contribution in [0, 0.1) is 6.92 Å². The minimum atomic E-state index is 0.685. The van der Waals surface area contributed by atoms with Crippen molar-refractivity contribution >= 4 is 32.5 Å². The Hall–Kier alpha value is -1.81. The molecule has 2 aromatic heterocycles. The van der Waals surface area contributed by atoms with E-state index < -0.39 is 0 Å². The Kier molecular flexibility index (Phi) is 2.82. The van der Waals surface area contributed by atoms with Gasteiger partial charge in [0.1, 0.15) is 0 Å². The van der Waals surface area contributed by atoms with E-state index >= 15 is 0 Å². The topological polar surface area (TPSA) is 43.8 Å². The number of halogens is 1. The lowest BCUT2D eigenvalue weighted by molar-refractivity contribution is 0.918. The molecule has 2 heterocycles. The third kappa shape index (κ3) is 1.92. The maximum atomic E-state index is 5.71. The third-order valence-electron chi connectivity index (χ3n) is 3.50. The van der Waals surface area contributed by atoms with Crippen LogP contribution in [-0.4, -0.2) is 9.55 Å². The SMILES string of the molecule is Cc1c(-c2ccc(N)cn2)c2ccc(Br)cc2n1C. The summed E-state index contributed by atoms with van der Waals surface area (Å²) in [7, 11) is 2.07. The average molecular weight is 316 g/mol. The van der Waals surface area contributed by atoms with Crippen LogP contribution >= 0.6 is 15.9 Å². The van der Waals surface area contributed by atoms with E-state index in [-0.39, 0.29) is 0 Å². The molecule has 0 fully saturated rings. The second-order valence-corrected chi connectivity index (χ2v) is 5.57. The Bertz CT molecular complexity index is 757. The smallest absolute Gasteiger partial charge is 0.0727 e. The molecule has 1 aromatic carbocycles. The van der Waals surface area contributed by atoms with E-state index in [1.807, 2.05) is 12.1 Å². The highest BCUT2D eigenvalue weighted by Gasteiger charge is 2.14. The summed E-state index contributed by atoms with van der Waals surface area (Å²) >= 11 is 3.52. The molecule has 0 aliphatic carbocycles. The summed E-state index contributed by atoms with van der Waals surface area (Å²) in [5.41, 5.74) is 10.9. The van der Waals surface area contributed by atoms with Crippen LogP contribution in [0.15, 0.2) is 41.0 Å². The highest BCUT2D eigenvalue weighted by atomic mass is 79.9. The monoisotopic (exact) mass is 315 g/mol. The summed E-state index contributed by atoms with van der Waals surface area (Å²) in [6.45, 7) is 2.11. The van der Waals surface area contributed by atoms with Crippen LogP contribution in [0.4, 0.5) is 5.69 Å². The van der Waals surface area contributed by atoms with Gasteiger partial charge in [0.15, 0.2) is 0 Å². The van der Waals surface area contributed by atoms with Crippen LogP contribution in [0.2, 0.25) is 0 Å². The molecule has 4 heteroatoms. The number of nitrogens with two attached hydrogens (primary N) is 1. The maximum Gasteiger partial charge on any atom is 0.0727 e. The standard InChI is InChI=1S/C15H14BrN3/c1-9-15(13-6-4-11(17)8-18-13)12-5-3-10(16)7-14(12)19(9)2/h3-8H,17H2,1-2H3. The van der Waals surface area contributed by atoms with Crippen LogP contribution in [0.1, 0.15) is 5.69 Å². The van der Waals surface area contributed by atoms with E-state index in [2.05, 4.69) is 57.7 Å². The molecule has 0 spiro atoms. The fourth-order valence-corrected chi connectivity index (χ4v) is 2.76. The van der Waals surface area contributed by atoms with Crippen LogP contribution in [0.25, 0.3) is 22.2 Å². The Morgan fingerprint density at radius 3 is 2.68 bits per heavy atom. The highest BCUT2D eigenvalue weighted by molar-refractivity contribution is 9.10. The summed E-state index contributed by atoms with van der Waals surface area (Å²) in [4.78, 5) is 4.45. The lowest BCUT2D eigenvalue weighted by Crippen LogP contribution is -1.92. The number of pyridine rings is 1. The van der Waals surface area contributed by atoms with Gasteiger partial charge in [-0.15, -0.1) is 0 Å². The van der Waals surface area contributed by atoms with E-state index in [0.29, 0.717) is 5.69 Å². The van der Waals surface area contributed by atoms with E-state index in [1.165, 1.54) is 22.2 Å². The maximum absolute atomic E-state index is 5.71. The molecular weight excluding hydrogens is 302 g/mol. The molecule has 3 nitrogen and oxygen atoms in total. The lowest BCUT2D eigenvalue weighted by atomic mass is 10.1. The summed E-state index contributed by atoms with van der Waals surface area (Å²) < 4.78 is 3.27. The summed E-state index contributed by atoms with van der Waals surface area (Å²) in [5.74, 6) is 0. The van der Waals surface area contributed by atoms with Crippen LogP contribution < -0.4 is 5.73 Å². The number of benzene rings is 1. The zero-order chi connectivity index (χ0) is 13.6. The third-order valence-corrected chi connectivity index (χ3v) is 3.99. The lowest BCUT2D eigenvalue weighted by Gasteiger charge is -2.02. The zero-order valence-corrected chi connectivity index (χ0v) is 12.4. The van der Waals surface area contributed by atoms with Crippen LogP contribution in [-0.2, 0) is 7.05 Å². The Morgan fingerprint density at radius 1 is 1.21 bits per heavy atom. The van der Waals surface area contributed by atoms with Crippen molar-refractivity contribution in [3.8, 4) is 11.3 Å². The van der Waals surface area contributed by atoms with Gasteiger partial charge < -0.3 is 10.3 Å². The van der Waals surface area contributed by atoms with Crippen molar-refractivity contribution in [3.05, 3.63) is 46.7 Å². The van der Waals surface area contributed by atoms with Gasteiger partial charge in [-0.1, -0.05) is 22.0 Å². The Balaban J connectivity index is 2.35. The van der Waals surface area contributed by atoms with E-state index in [4.69, 9.17) is 5.73 Å². The number of fused-ring (bicyclic) bond motifs is 1. The van der Waals surface area contributed by atoms with Crippen molar-refractivity contribution in [2.24, 2.45) is 7.05 Å². The molecule has 3 rings (SSSR count). The van der Waals surface area contributed by atoms with Gasteiger partial charge in [-0.05, 0) is 31.2 Å². The molecule has 0 radical (unpaired) electrons. The molecule has 0 aliphatic heterocycles. The number of hydrogen-bond donors (Lipinski definition) is 1. The Morgan fingerprint density at radius 2 is 2.00 bits per heavy atom. The number of anilines is 1. The molecule has 0 amide bonds. The first-order valence-electron chi connectivity index (χ1n) is 6.04. The zero-order valence-electron chi connectivity index (χ0n) is 10.8. The number of aryl methyl sites for hydroxylation is 1. The average Bonchev–Trinajstić information content (AvgIpc) is 2.64. The van der Waals surface area contributed by atoms with Crippen molar-refractivity contribution in [2.45, 2.75) is 6.92 Å². The first kappa shape index (κ1) is 12.2. The van der Waals surface area contributed by atoms with Gasteiger partial charge in [-0.2, -0.15) is 0 Å². The van der Waals surface area contributed by atoms with Gasteiger partial charge in [0.05, 0.1) is 17.6 Å². The number of nitrogens with zero attached hydrogens (tertiary/aromatic N) is 2. The fraction of sp³-hybridized carbons (Fsp3) is 0.133. The second kappa shape index (κ2) is 4.38. The quantitative estimate of drug-likeness (QED) is 0.740. The summed E-state index contributed by atoms with van der Waals surface area (Å²) in [5, 5.41) is 1.21. The first-order chi connectivity index (χ1) is 9.08. The minimum absolute atomic E-state index is 0.685. The minimum Gasteiger partial charge on any atom is -0.397 e. The first-order valence-corrected chi connectivity index (χ1v) is 6.83. The van der Waals surface area contributed by atoms with Crippen molar-refractivity contribution in [2.75, 3.05) is 5.73 Å². The molecule has 0 atom stereocenters. The van der Waals surface area contributed by atoms with Gasteiger partial charge >= 0.3 is 0 Å². The number of aromatic nitrogens is 2. The molecule has 96 valence electrons. The molecule has 3 aromatic rings. The predicted molar refractivity (Wildman–Crippen MR) is 83.0 cm³/mol. The van der Waals surface area contributed by atoms with Crippen LogP contribution in [0.5, 0.6) is 0 Å². The largest absolute Gasteiger partial charge is 0.397 e. The van der Waals surface area contributed by atoms with Crippen molar-refractivity contribution in [3.63, 3.8) is 0 Å². The van der Waals surface area contributed by atoms with Gasteiger partial charge in [0.2, 0.25) is 0 Å². The Labute approximate surface area is 120 Å². The fourth-order valence-electron chi connectivity index (χ4n) is 2.41. The molecule has 0 saturated heterocycles. The molecule has 2 N–H and O–H groups in total. The van der Waals surface area contributed by atoms with Crippen LogP contribution in [0.3, 0.4) is 0 Å². The number of nitrogen functional groups attached to an aromatic ring is 1. The second-order valence-electron chi connectivity index (χ2n) is 4.66.